The van der Waals surface area contributed by atoms with Gasteiger partial charge < -0.3 is 5.32 Å². The largest absolute Gasteiger partial charge is 0.380 e. The highest BCUT2D eigenvalue weighted by atomic mass is 19.3. The van der Waals surface area contributed by atoms with Gasteiger partial charge in [-0.25, -0.2) is 13.2 Å². The summed E-state index contributed by atoms with van der Waals surface area (Å²) in [7, 11) is 0. The van der Waals surface area contributed by atoms with Crippen molar-refractivity contribution in [3.8, 4) is 6.07 Å². The zero-order chi connectivity index (χ0) is 14.5. The Kier molecular flexibility index (Phi) is 4.26. The van der Waals surface area contributed by atoms with Gasteiger partial charge in [-0.15, -0.1) is 0 Å². The molecule has 2 nitrogen and oxygen atoms in total. The van der Waals surface area contributed by atoms with E-state index in [1.54, 1.807) is 12.1 Å². The van der Waals surface area contributed by atoms with Crippen LogP contribution < -0.4 is 5.32 Å². The zero-order valence-corrected chi connectivity index (χ0v) is 10.4. The van der Waals surface area contributed by atoms with Crippen molar-refractivity contribution < 1.29 is 13.2 Å². The normalized spacial score (nSPS) is 10.3. The molecule has 102 valence electrons. The fourth-order valence-electron chi connectivity index (χ4n) is 1.80. The summed E-state index contributed by atoms with van der Waals surface area (Å²) < 4.78 is 38.1. The molecular formula is C15H11F3N2. The van der Waals surface area contributed by atoms with E-state index in [0.717, 1.165) is 6.07 Å². The van der Waals surface area contributed by atoms with Crippen LogP contribution in [-0.2, 0) is 6.54 Å². The minimum Gasteiger partial charge on any atom is -0.380 e. The predicted molar refractivity (Wildman–Crippen MR) is 69.8 cm³/mol. The topological polar surface area (TPSA) is 35.8 Å². The molecular weight excluding hydrogens is 265 g/mol. The first-order valence-corrected chi connectivity index (χ1v) is 5.90. The third kappa shape index (κ3) is 3.29. The maximum absolute atomic E-state index is 13.0. The van der Waals surface area contributed by atoms with Gasteiger partial charge in [-0.05, 0) is 29.8 Å². The second kappa shape index (κ2) is 6.11. The van der Waals surface area contributed by atoms with Gasteiger partial charge >= 0.3 is 0 Å². The molecule has 1 N–H and O–H groups in total. The number of halogens is 3. The van der Waals surface area contributed by atoms with Gasteiger partial charge in [0.1, 0.15) is 11.9 Å². The minimum absolute atomic E-state index is 0.0519. The van der Waals surface area contributed by atoms with Crippen molar-refractivity contribution in [1.82, 2.24) is 0 Å². The van der Waals surface area contributed by atoms with Crippen LogP contribution in [0.25, 0.3) is 0 Å². The maximum Gasteiger partial charge on any atom is 0.263 e. The molecule has 0 heterocycles. The van der Waals surface area contributed by atoms with Gasteiger partial charge in [-0.1, -0.05) is 18.2 Å². The predicted octanol–water partition coefficient (Wildman–Crippen LogP) is 4.25. The third-order valence-electron chi connectivity index (χ3n) is 2.79. The van der Waals surface area contributed by atoms with Crippen LogP contribution in [0.1, 0.15) is 23.1 Å². The van der Waals surface area contributed by atoms with Crippen molar-refractivity contribution in [3.63, 3.8) is 0 Å². The molecule has 0 radical (unpaired) electrons. The van der Waals surface area contributed by atoms with E-state index in [9.17, 15) is 13.2 Å². The fraction of sp³-hybridized carbons (Fsp3) is 0.133. The van der Waals surface area contributed by atoms with Crippen molar-refractivity contribution in [2.75, 3.05) is 5.32 Å². The van der Waals surface area contributed by atoms with Crippen LogP contribution in [0.4, 0.5) is 18.9 Å². The second-order valence-electron chi connectivity index (χ2n) is 4.20. The Morgan fingerprint density at radius 1 is 1.15 bits per heavy atom. The van der Waals surface area contributed by atoms with Gasteiger partial charge in [0.05, 0.1) is 11.3 Å². The van der Waals surface area contributed by atoms with Crippen molar-refractivity contribution in [1.29, 1.82) is 5.26 Å². The van der Waals surface area contributed by atoms with Crippen molar-refractivity contribution in [2.24, 2.45) is 0 Å². The third-order valence-corrected chi connectivity index (χ3v) is 2.79. The molecule has 0 aliphatic heterocycles. The van der Waals surface area contributed by atoms with Crippen molar-refractivity contribution >= 4 is 5.69 Å². The molecule has 0 aromatic heterocycles. The second-order valence-corrected chi connectivity index (χ2v) is 4.20. The highest BCUT2D eigenvalue weighted by Crippen LogP contribution is 2.21. The van der Waals surface area contributed by atoms with Gasteiger partial charge in [-0.2, -0.15) is 5.26 Å². The number of nitrogens with one attached hydrogen (secondary N) is 1. The molecule has 0 aliphatic rings. The lowest BCUT2D eigenvalue weighted by Gasteiger charge is -2.09. The number of nitrogens with zero attached hydrogens (tertiary/aromatic N) is 1. The van der Waals surface area contributed by atoms with Gasteiger partial charge in [0.15, 0.2) is 0 Å². The van der Waals surface area contributed by atoms with Crippen molar-refractivity contribution in [3.05, 3.63) is 65.0 Å². The Bertz CT molecular complexity index is 648. The van der Waals surface area contributed by atoms with E-state index in [1.807, 2.05) is 6.07 Å². The summed E-state index contributed by atoms with van der Waals surface area (Å²) >= 11 is 0. The number of hydrogen-bond donors (Lipinski definition) is 1. The molecule has 2 aromatic rings. The first-order valence-electron chi connectivity index (χ1n) is 5.90. The van der Waals surface area contributed by atoms with Crippen LogP contribution in [0.2, 0.25) is 0 Å². The van der Waals surface area contributed by atoms with Crippen LogP contribution in [0.5, 0.6) is 0 Å². The van der Waals surface area contributed by atoms with Gasteiger partial charge in [-0.3, -0.25) is 0 Å². The summed E-state index contributed by atoms with van der Waals surface area (Å²) in [6, 6.07) is 11.7. The molecule has 2 aromatic carbocycles. The highest BCUT2D eigenvalue weighted by Gasteiger charge is 2.08. The summed E-state index contributed by atoms with van der Waals surface area (Å²) in [5, 5.41) is 11.8. The van der Waals surface area contributed by atoms with Crippen LogP contribution in [0.3, 0.4) is 0 Å². The standard InChI is InChI=1S/C15H11F3N2/c16-13-4-5-14(12(7-13)8-19)20-9-10-2-1-3-11(6-10)15(17)18/h1-7,15,20H,9H2. The molecule has 0 saturated carbocycles. The number of rotatable bonds is 4. The molecule has 0 bridgehead atoms. The van der Waals surface area contributed by atoms with E-state index >= 15 is 0 Å². The SMILES string of the molecule is N#Cc1cc(F)ccc1NCc1cccc(C(F)F)c1. The Morgan fingerprint density at radius 2 is 1.95 bits per heavy atom. The highest BCUT2D eigenvalue weighted by molar-refractivity contribution is 5.57. The smallest absolute Gasteiger partial charge is 0.263 e. The van der Waals surface area contributed by atoms with E-state index < -0.39 is 12.2 Å². The molecule has 0 spiro atoms. The first kappa shape index (κ1) is 13.9. The maximum atomic E-state index is 13.0. The number of hydrogen-bond acceptors (Lipinski definition) is 2. The van der Waals surface area contributed by atoms with E-state index in [1.165, 1.54) is 24.3 Å². The van der Waals surface area contributed by atoms with Crippen LogP contribution in [0, 0.1) is 17.1 Å². The lowest BCUT2D eigenvalue weighted by atomic mass is 10.1. The zero-order valence-electron chi connectivity index (χ0n) is 10.4. The first-order chi connectivity index (χ1) is 9.60. The summed E-state index contributed by atoms with van der Waals surface area (Å²) in [6.07, 6.45) is -2.52. The monoisotopic (exact) mass is 276 g/mol. The molecule has 0 unspecified atom stereocenters. The molecule has 0 saturated heterocycles. The average molecular weight is 276 g/mol. The number of alkyl halides is 2. The minimum atomic E-state index is -2.52. The Balaban J connectivity index is 2.13. The summed E-state index contributed by atoms with van der Waals surface area (Å²) in [4.78, 5) is 0. The van der Waals surface area contributed by atoms with Gasteiger partial charge in [0.2, 0.25) is 0 Å². The summed E-state index contributed by atoms with van der Waals surface area (Å²) in [5.41, 5.74) is 1.26. The number of benzene rings is 2. The van der Waals surface area contributed by atoms with E-state index in [-0.39, 0.29) is 17.7 Å². The molecule has 0 fully saturated rings. The number of anilines is 1. The molecule has 20 heavy (non-hydrogen) atoms. The Labute approximate surface area is 114 Å². The molecule has 0 atom stereocenters. The van der Waals surface area contributed by atoms with Gasteiger partial charge in [0.25, 0.3) is 6.43 Å². The average Bonchev–Trinajstić information content (AvgIpc) is 2.46. The molecule has 5 heteroatoms. The summed E-state index contributed by atoms with van der Waals surface area (Å²) in [6.45, 7) is 0.279. The molecule has 0 amide bonds. The lowest BCUT2D eigenvalue weighted by molar-refractivity contribution is 0.151. The van der Waals surface area contributed by atoms with E-state index in [0.29, 0.717) is 11.3 Å². The van der Waals surface area contributed by atoms with E-state index in [4.69, 9.17) is 5.26 Å². The van der Waals surface area contributed by atoms with Gasteiger partial charge in [0, 0.05) is 12.1 Å². The lowest BCUT2D eigenvalue weighted by Crippen LogP contribution is -2.02. The summed E-state index contributed by atoms with van der Waals surface area (Å²) in [5.74, 6) is -0.494. The quantitative estimate of drug-likeness (QED) is 0.906. The molecule has 0 aliphatic carbocycles. The fourth-order valence-corrected chi connectivity index (χ4v) is 1.80. The van der Waals surface area contributed by atoms with Crippen LogP contribution in [0.15, 0.2) is 42.5 Å². The van der Waals surface area contributed by atoms with Crippen molar-refractivity contribution in [2.45, 2.75) is 13.0 Å². The van der Waals surface area contributed by atoms with Crippen LogP contribution >= 0.6 is 0 Å². The Morgan fingerprint density at radius 3 is 2.65 bits per heavy atom. The molecule has 2 rings (SSSR count). The van der Waals surface area contributed by atoms with Crippen LogP contribution in [-0.4, -0.2) is 0 Å². The van der Waals surface area contributed by atoms with E-state index in [2.05, 4.69) is 5.32 Å². The Hall–Kier alpha value is -2.48. The number of nitriles is 1.